The van der Waals surface area contributed by atoms with Crippen LogP contribution in [0.5, 0.6) is 0 Å². The molecular formula is C15H22O9S. The zero-order chi connectivity index (χ0) is 19.5. The van der Waals surface area contributed by atoms with Crippen molar-refractivity contribution in [1.29, 1.82) is 0 Å². The molecule has 25 heavy (non-hydrogen) atoms. The molecule has 142 valence electrons. The standard InChI is InChI=1S/C15H22O9S/c1-4-12(16)23-10-15(3,11-24-13(17)5-2)14(18)22-8-6-7-9-25(19,20)21/h4-5H,1-2,6-11H2,3H3,(H,19,20,21). The van der Waals surface area contributed by atoms with Crippen molar-refractivity contribution in [1.82, 2.24) is 0 Å². The molecule has 0 aliphatic rings. The fourth-order valence-electron chi connectivity index (χ4n) is 1.46. The second kappa shape index (κ2) is 10.6. The topological polar surface area (TPSA) is 133 Å². The van der Waals surface area contributed by atoms with Gasteiger partial charge in [-0.05, 0) is 19.8 Å². The van der Waals surface area contributed by atoms with Crippen molar-refractivity contribution in [3.8, 4) is 0 Å². The molecule has 0 fully saturated rings. The number of carbonyl (C=O) groups is 3. The molecule has 9 nitrogen and oxygen atoms in total. The zero-order valence-corrected chi connectivity index (χ0v) is 14.7. The Balaban J connectivity index is 4.67. The summed E-state index contributed by atoms with van der Waals surface area (Å²) in [7, 11) is -4.07. The Morgan fingerprint density at radius 3 is 1.88 bits per heavy atom. The predicted octanol–water partition coefficient (Wildman–Crippen LogP) is 0.662. The number of ether oxygens (including phenoxy) is 3. The van der Waals surface area contributed by atoms with E-state index in [1.807, 2.05) is 0 Å². The molecule has 0 amide bonds. The lowest BCUT2D eigenvalue weighted by molar-refractivity contribution is -0.167. The minimum absolute atomic E-state index is 0.0970. The van der Waals surface area contributed by atoms with Gasteiger partial charge in [-0.15, -0.1) is 0 Å². The maximum absolute atomic E-state index is 12.2. The number of carbonyl (C=O) groups excluding carboxylic acids is 3. The van der Waals surface area contributed by atoms with Crippen LogP contribution in [-0.2, 0) is 38.7 Å². The van der Waals surface area contributed by atoms with Gasteiger partial charge in [0, 0.05) is 12.2 Å². The molecule has 0 bridgehead atoms. The molecule has 0 radical (unpaired) electrons. The highest BCUT2D eigenvalue weighted by atomic mass is 32.2. The molecule has 1 N–H and O–H groups in total. The summed E-state index contributed by atoms with van der Waals surface area (Å²) in [6.45, 7) is 6.89. The predicted molar refractivity (Wildman–Crippen MR) is 87.0 cm³/mol. The highest BCUT2D eigenvalue weighted by Gasteiger charge is 2.38. The SMILES string of the molecule is C=CC(=O)OCC(C)(COC(=O)C=C)C(=O)OCCCCS(=O)(=O)O. The number of unbranched alkanes of at least 4 members (excludes halogenated alkanes) is 1. The molecule has 0 aliphatic heterocycles. The van der Waals surface area contributed by atoms with Crippen LogP contribution in [0.1, 0.15) is 19.8 Å². The minimum atomic E-state index is -4.07. The molecule has 0 saturated carbocycles. The van der Waals surface area contributed by atoms with Crippen molar-refractivity contribution in [3.05, 3.63) is 25.3 Å². The van der Waals surface area contributed by atoms with Gasteiger partial charge in [0.05, 0.1) is 12.4 Å². The van der Waals surface area contributed by atoms with E-state index in [-0.39, 0.29) is 19.4 Å². The van der Waals surface area contributed by atoms with E-state index in [9.17, 15) is 22.8 Å². The third-order valence-corrected chi connectivity index (χ3v) is 3.73. The average molecular weight is 378 g/mol. The Hall–Kier alpha value is -2.20. The van der Waals surface area contributed by atoms with Crippen LogP contribution in [0.2, 0.25) is 0 Å². The molecule has 10 heteroatoms. The molecule has 0 saturated heterocycles. The van der Waals surface area contributed by atoms with Crippen LogP contribution in [-0.4, -0.2) is 56.5 Å². The summed E-state index contributed by atoms with van der Waals surface area (Å²) in [5.74, 6) is -2.77. The van der Waals surface area contributed by atoms with Crippen molar-refractivity contribution >= 4 is 28.0 Å². The lowest BCUT2D eigenvalue weighted by Crippen LogP contribution is -2.40. The third-order valence-electron chi connectivity index (χ3n) is 2.92. The molecule has 0 atom stereocenters. The molecule has 0 spiro atoms. The summed E-state index contributed by atoms with van der Waals surface area (Å²) < 4.78 is 44.4. The normalized spacial score (nSPS) is 11.3. The van der Waals surface area contributed by atoms with Crippen molar-refractivity contribution in [3.63, 3.8) is 0 Å². The zero-order valence-electron chi connectivity index (χ0n) is 13.9. The van der Waals surface area contributed by atoms with Crippen molar-refractivity contribution in [2.24, 2.45) is 5.41 Å². The molecule has 0 rings (SSSR count). The van der Waals surface area contributed by atoms with Crippen molar-refractivity contribution in [2.75, 3.05) is 25.6 Å². The second-order valence-corrected chi connectivity index (χ2v) is 6.89. The maximum Gasteiger partial charge on any atom is 0.330 e. The average Bonchev–Trinajstić information content (AvgIpc) is 2.55. The van der Waals surface area contributed by atoms with E-state index < -0.39 is 52.4 Å². The molecule has 0 aromatic heterocycles. The van der Waals surface area contributed by atoms with Crippen LogP contribution in [0.4, 0.5) is 0 Å². The Morgan fingerprint density at radius 2 is 1.48 bits per heavy atom. The number of hydrogen-bond donors (Lipinski definition) is 1. The first-order valence-electron chi connectivity index (χ1n) is 7.25. The smallest absolute Gasteiger partial charge is 0.330 e. The monoisotopic (exact) mass is 378 g/mol. The molecular weight excluding hydrogens is 356 g/mol. The van der Waals surface area contributed by atoms with Gasteiger partial charge in [0.2, 0.25) is 0 Å². The first kappa shape index (κ1) is 22.8. The lowest BCUT2D eigenvalue weighted by atomic mass is 9.93. The molecule has 0 unspecified atom stereocenters. The van der Waals surface area contributed by atoms with Crippen LogP contribution in [0, 0.1) is 5.41 Å². The maximum atomic E-state index is 12.2. The number of hydrogen-bond acceptors (Lipinski definition) is 8. The molecule has 0 aliphatic carbocycles. The Labute approximate surface area is 146 Å². The largest absolute Gasteiger partial charge is 0.465 e. The highest BCUT2D eigenvalue weighted by molar-refractivity contribution is 7.85. The molecule has 0 heterocycles. The van der Waals surface area contributed by atoms with Gasteiger partial charge in [-0.2, -0.15) is 8.42 Å². The van der Waals surface area contributed by atoms with Gasteiger partial charge in [0.25, 0.3) is 10.1 Å². The third kappa shape index (κ3) is 10.3. The van der Waals surface area contributed by atoms with E-state index >= 15 is 0 Å². The minimum Gasteiger partial charge on any atom is -0.465 e. The Kier molecular flexibility index (Phi) is 9.69. The van der Waals surface area contributed by atoms with E-state index in [2.05, 4.69) is 13.2 Å². The summed E-state index contributed by atoms with van der Waals surface area (Å²) in [6.07, 6.45) is 2.12. The van der Waals surface area contributed by atoms with Crippen LogP contribution >= 0.6 is 0 Å². The fourth-order valence-corrected chi connectivity index (χ4v) is 2.03. The fraction of sp³-hybridized carbons (Fsp3) is 0.533. The van der Waals surface area contributed by atoms with E-state index in [1.54, 1.807) is 0 Å². The Bertz CT molecular complexity index is 582. The van der Waals surface area contributed by atoms with Gasteiger partial charge < -0.3 is 14.2 Å². The number of esters is 3. The summed E-state index contributed by atoms with van der Waals surface area (Å²) in [6, 6.07) is 0. The molecule has 0 aromatic carbocycles. The summed E-state index contributed by atoms with van der Waals surface area (Å²) >= 11 is 0. The number of rotatable bonds is 12. The van der Waals surface area contributed by atoms with Crippen LogP contribution in [0.15, 0.2) is 25.3 Å². The first-order valence-corrected chi connectivity index (χ1v) is 8.86. The summed E-state index contributed by atoms with van der Waals surface area (Å²) in [5, 5.41) is 0. The molecule has 0 aromatic rings. The second-order valence-electron chi connectivity index (χ2n) is 5.31. The first-order chi connectivity index (χ1) is 11.5. The van der Waals surface area contributed by atoms with E-state index in [0.29, 0.717) is 0 Å². The van der Waals surface area contributed by atoms with Gasteiger partial charge in [-0.25, -0.2) is 9.59 Å². The van der Waals surface area contributed by atoms with Gasteiger partial charge in [-0.3, -0.25) is 9.35 Å². The van der Waals surface area contributed by atoms with E-state index in [0.717, 1.165) is 12.2 Å². The van der Waals surface area contributed by atoms with Gasteiger partial charge >= 0.3 is 17.9 Å². The van der Waals surface area contributed by atoms with Gasteiger partial charge in [-0.1, -0.05) is 13.2 Å². The van der Waals surface area contributed by atoms with Crippen LogP contribution in [0.3, 0.4) is 0 Å². The Morgan fingerprint density at radius 1 is 1.00 bits per heavy atom. The summed E-state index contributed by atoms with van der Waals surface area (Å²) in [4.78, 5) is 34.5. The van der Waals surface area contributed by atoms with Crippen LogP contribution in [0.25, 0.3) is 0 Å². The van der Waals surface area contributed by atoms with Crippen molar-refractivity contribution in [2.45, 2.75) is 19.8 Å². The quantitative estimate of drug-likeness (QED) is 0.171. The van der Waals surface area contributed by atoms with Gasteiger partial charge in [0.15, 0.2) is 0 Å². The lowest BCUT2D eigenvalue weighted by Gasteiger charge is -2.26. The highest BCUT2D eigenvalue weighted by Crippen LogP contribution is 2.21. The van der Waals surface area contributed by atoms with E-state index in [1.165, 1.54) is 6.92 Å². The van der Waals surface area contributed by atoms with Gasteiger partial charge in [0.1, 0.15) is 18.6 Å². The van der Waals surface area contributed by atoms with Crippen molar-refractivity contribution < 1.29 is 41.6 Å². The summed E-state index contributed by atoms with van der Waals surface area (Å²) in [5.41, 5.74) is -1.46. The van der Waals surface area contributed by atoms with E-state index in [4.69, 9.17) is 18.8 Å². The van der Waals surface area contributed by atoms with Crippen LogP contribution < -0.4 is 0 Å².